The molecule has 1 unspecified atom stereocenters. The zero-order chi connectivity index (χ0) is 11.1. The monoisotopic (exact) mass is 188 g/mol. The molecule has 0 saturated carbocycles. The van der Waals surface area contributed by atoms with E-state index in [0.717, 1.165) is 12.0 Å². The van der Waals surface area contributed by atoms with Crippen LogP contribution >= 0.6 is 0 Å². The number of rotatable bonds is 4. The van der Waals surface area contributed by atoms with Crippen molar-refractivity contribution in [1.29, 1.82) is 0 Å². The molecule has 0 spiro atoms. The lowest BCUT2D eigenvalue weighted by atomic mass is 10.0. The van der Waals surface area contributed by atoms with E-state index in [2.05, 4.69) is 45.4 Å². The molecule has 0 bridgehead atoms. The number of terminal acetylenes is 1. The van der Waals surface area contributed by atoms with E-state index in [1.54, 1.807) is 0 Å². The topological polar surface area (TPSA) is 0 Å². The molecule has 0 aromatic carbocycles. The first-order valence-electron chi connectivity index (χ1n) is 5.02. The Kier molecular flexibility index (Phi) is 5.72. The molecule has 1 atom stereocenters. The average molecular weight is 188 g/mol. The van der Waals surface area contributed by atoms with E-state index in [0.29, 0.717) is 5.92 Å². The van der Waals surface area contributed by atoms with Gasteiger partial charge in [0.25, 0.3) is 0 Å². The third-order valence-corrected chi connectivity index (χ3v) is 2.42. The fourth-order valence-corrected chi connectivity index (χ4v) is 1.05. The van der Waals surface area contributed by atoms with E-state index in [9.17, 15) is 0 Å². The minimum atomic E-state index is 0.417. The maximum absolute atomic E-state index is 5.39. The summed E-state index contributed by atoms with van der Waals surface area (Å²) in [5.41, 5.74) is 3.44. The van der Waals surface area contributed by atoms with Crippen LogP contribution in [0.3, 0.4) is 0 Å². The second-order valence-corrected chi connectivity index (χ2v) is 3.65. The quantitative estimate of drug-likeness (QED) is 0.354. The second-order valence-electron chi connectivity index (χ2n) is 3.65. The van der Waals surface area contributed by atoms with Crippen LogP contribution in [0, 0.1) is 18.3 Å². The van der Waals surface area contributed by atoms with Crippen LogP contribution in [0.1, 0.15) is 34.1 Å². The summed E-state index contributed by atoms with van der Waals surface area (Å²) in [6.07, 6.45) is 10.6. The minimum absolute atomic E-state index is 0.417. The molecule has 0 radical (unpaired) electrons. The molecule has 0 aliphatic rings. The van der Waals surface area contributed by atoms with E-state index >= 15 is 0 Å². The van der Waals surface area contributed by atoms with Crippen LogP contribution in [-0.2, 0) is 0 Å². The van der Waals surface area contributed by atoms with Crippen LogP contribution in [0.25, 0.3) is 0 Å². The Morgan fingerprint density at radius 2 is 2.07 bits per heavy atom. The highest BCUT2D eigenvalue weighted by molar-refractivity contribution is 5.36. The highest BCUT2D eigenvalue weighted by Crippen LogP contribution is 2.13. The number of hydrogen-bond acceptors (Lipinski definition) is 0. The van der Waals surface area contributed by atoms with E-state index in [1.165, 1.54) is 11.1 Å². The van der Waals surface area contributed by atoms with Gasteiger partial charge in [-0.2, -0.15) is 0 Å². The van der Waals surface area contributed by atoms with Crippen molar-refractivity contribution in [3.63, 3.8) is 0 Å². The van der Waals surface area contributed by atoms with E-state index in [1.807, 2.05) is 6.92 Å². The molecular weight excluding hydrogens is 168 g/mol. The van der Waals surface area contributed by atoms with Crippen molar-refractivity contribution in [3.8, 4) is 12.3 Å². The molecule has 0 rings (SSSR count). The van der Waals surface area contributed by atoms with Gasteiger partial charge < -0.3 is 0 Å². The SMILES string of the molecule is C#C/C(CC)=C(C)/C=C\C(C)C(=C)C. The Balaban J connectivity index is 4.61. The highest BCUT2D eigenvalue weighted by Gasteiger charge is 1.97. The molecule has 0 aromatic rings. The summed E-state index contributed by atoms with van der Waals surface area (Å²) in [5, 5.41) is 0. The molecule has 0 saturated heterocycles. The van der Waals surface area contributed by atoms with Crippen molar-refractivity contribution >= 4 is 0 Å². The number of hydrogen-bond donors (Lipinski definition) is 0. The zero-order valence-electron chi connectivity index (χ0n) is 9.72. The van der Waals surface area contributed by atoms with Crippen molar-refractivity contribution in [3.05, 3.63) is 35.5 Å². The van der Waals surface area contributed by atoms with Crippen LogP contribution in [0.15, 0.2) is 35.5 Å². The Morgan fingerprint density at radius 1 is 1.50 bits per heavy atom. The van der Waals surface area contributed by atoms with Gasteiger partial charge in [0.15, 0.2) is 0 Å². The van der Waals surface area contributed by atoms with Crippen LogP contribution in [0.2, 0.25) is 0 Å². The summed E-state index contributed by atoms with van der Waals surface area (Å²) >= 11 is 0. The molecule has 0 nitrogen and oxygen atoms in total. The van der Waals surface area contributed by atoms with Crippen LogP contribution in [-0.4, -0.2) is 0 Å². The van der Waals surface area contributed by atoms with Gasteiger partial charge in [-0.05, 0) is 31.8 Å². The standard InChI is InChI=1S/C14H20/c1-7-14(8-2)13(6)10-9-12(5)11(3)4/h1,9-10,12H,3,8H2,2,4-6H3/b10-9-,14-13-. The van der Waals surface area contributed by atoms with Gasteiger partial charge in [-0.1, -0.05) is 44.1 Å². The Hall–Kier alpha value is -1.22. The summed E-state index contributed by atoms with van der Waals surface area (Å²) in [7, 11) is 0. The smallest absolute Gasteiger partial charge is 0.00439 e. The Bertz CT molecular complexity index is 294. The third-order valence-electron chi connectivity index (χ3n) is 2.42. The molecule has 0 heteroatoms. The average Bonchev–Trinajstić information content (AvgIpc) is 2.15. The van der Waals surface area contributed by atoms with Crippen LogP contribution in [0.4, 0.5) is 0 Å². The van der Waals surface area contributed by atoms with Gasteiger partial charge in [0.2, 0.25) is 0 Å². The molecular formula is C14H20. The maximum atomic E-state index is 5.39. The van der Waals surface area contributed by atoms with Gasteiger partial charge in [0.05, 0.1) is 0 Å². The largest absolute Gasteiger partial charge is 0.115 e. The maximum Gasteiger partial charge on any atom is 0.00439 e. The molecule has 0 aliphatic carbocycles. The number of allylic oxidation sites excluding steroid dienone is 5. The Labute approximate surface area is 88.4 Å². The lowest BCUT2D eigenvalue weighted by Gasteiger charge is -2.04. The summed E-state index contributed by atoms with van der Waals surface area (Å²) in [4.78, 5) is 0. The predicted molar refractivity (Wildman–Crippen MR) is 64.9 cm³/mol. The van der Waals surface area contributed by atoms with Gasteiger partial charge in [-0.3, -0.25) is 0 Å². The summed E-state index contributed by atoms with van der Waals surface area (Å²) in [5.74, 6) is 3.13. The first-order valence-corrected chi connectivity index (χ1v) is 5.02. The van der Waals surface area contributed by atoms with Crippen molar-refractivity contribution in [2.24, 2.45) is 5.92 Å². The molecule has 0 fully saturated rings. The zero-order valence-corrected chi connectivity index (χ0v) is 9.72. The molecule has 0 amide bonds. The van der Waals surface area contributed by atoms with Gasteiger partial charge in [-0.25, -0.2) is 0 Å². The molecule has 0 heterocycles. The normalized spacial score (nSPS) is 14.8. The summed E-state index contributed by atoms with van der Waals surface area (Å²) in [6, 6.07) is 0. The minimum Gasteiger partial charge on any atom is -0.115 e. The summed E-state index contributed by atoms with van der Waals surface area (Å²) in [6.45, 7) is 12.2. The first-order chi connectivity index (χ1) is 6.52. The molecule has 0 N–H and O–H groups in total. The lowest BCUT2D eigenvalue weighted by molar-refractivity contribution is 0.866. The molecule has 76 valence electrons. The van der Waals surface area contributed by atoms with E-state index < -0.39 is 0 Å². The third kappa shape index (κ3) is 4.14. The lowest BCUT2D eigenvalue weighted by Crippen LogP contribution is -1.89. The first kappa shape index (κ1) is 12.8. The van der Waals surface area contributed by atoms with Crippen molar-refractivity contribution in [2.75, 3.05) is 0 Å². The molecule has 0 aromatic heterocycles. The van der Waals surface area contributed by atoms with E-state index in [4.69, 9.17) is 6.42 Å². The Morgan fingerprint density at radius 3 is 2.43 bits per heavy atom. The van der Waals surface area contributed by atoms with Crippen molar-refractivity contribution in [1.82, 2.24) is 0 Å². The van der Waals surface area contributed by atoms with Crippen LogP contribution in [0.5, 0.6) is 0 Å². The summed E-state index contributed by atoms with van der Waals surface area (Å²) < 4.78 is 0. The second kappa shape index (κ2) is 6.27. The van der Waals surface area contributed by atoms with Gasteiger partial charge in [0.1, 0.15) is 0 Å². The van der Waals surface area contributed by atoms with E-state index in [-0.39, 0.29) is 0 Å². The van der Waals surface area contributed by atoms with Crippen molar-refractivity contribution < 1.29 is 0 Å². The van der Waals surface area contributed by atoms with Crippen molar-refractivity contribution in [2.45, 2.75) is 34.1 Å². The fraction of sp³-hybridized carbons (Fsp3) is 0.429. The fourth-order valence-electron chi connectivity index (χ4n) is 1.05. The van der Waals surface area contributed by atoms with Gasteiger partial charge in [0, 0.05) is 5.57 Å². The van der Waals surface area contributed by atoms with Gasteiger partial charge in [-0.15, -0.1) is 6.42 Å². The predicted octanol–water partition coefficient (Wildman–Crippen LogP) is 4.11. The highest BCUT2D eigenvalue weighted by atomic mass is 14.0. The van der Waals surface area contributed by atoms with Gasteiger partial charge >= 0.3 is 0 Å². The molecule has 0 aliphatic heterocycles. The van der Waals surface area contributed by atoms with Crippen LogP contribution < -0.4 is 0 Å². The molecule has 14 heavy (non-hydrogen) atoms.